The summed E-state index contributed by atoms with van der Waals surface area (Å²) in [6, 6.07) is 9.85. The molecule has 4 nitrogen and oxygen atoms in total. The summed E-state index contributed by atoms with van der Waals surface area (Å²) in [4.78, 5) is 12.7. The van der Waals surface area contributed by atoms with Crippen molar-refractivity contribution in [1.82, 2.24) is 0 Å². The predicted molar refractivity (Wildman–Crippen MR) is 71.8 cm³/mol. The van der Waals surface area contributed by atoms with Crippen LogP contribution in [-0.4, -0.2) is 35.9 Å². The second kappa shape index (κ2) is 8.53. The molecule has 0 fully saturated rings. The molecule has 0 bridgehead atoms. The Labute approximate surface area is 108 Å². The summed E-state index contributed by atoms with van der Waals surface area (Å²) in [5, 5.41) is 17.5. The molecule has 0 radical (unpaired) electrons. The van der Waals surface area contributed by atoms with Crippen molar-refractivity contribution < 1.29 is 15.0 Å². The van der Waals surface area contributed by atoms with E-state index in [4.69, 9.17) is 10.2 Å². The van der Waals surface area contributed by atoms with Crippen molar-refractivity contribution in [2.45, 2.75) is 25.7 Å². The van der Waals surface area contributed by atoms with Crippen LogP contribution in [0.2, 0.25) is 0 Å². The number of aliphatic hydroxyl groups excluding tert-OH is 1. The monoisotopic (exact) mass is 251 g/mol. The van der Waals surface area contributed by atoms with Crippen molar-refractivity contribution in [3.8, 4) is 0 Å². The molecular formula is C14H21NO3. The second-order valence-electron chi connectivity index (χ2n) is 4.25. The maximum Gasteiger partial charge on any atom is 0.305 e. The number of carbonyl (C=O) groups is 1. The van der Waals surface area contributed by atoms with Crippen molar-refractivity contribution in [2.24, 2.45) is 0 Å². The van der Waals surface area contributed by atoms with Crippen LogP contribution in [0.4, 0.5) is 5.69 Å². The van der Waals surface area contributed by atoms with Gasteiger partial charge in [-0.05, 0) is 31.4 Å². The normalized spacial score (nSPS) is 10.3. The number of unbranched alkanes of at least 4 members (excludes halogenated alkanes) is 2. The molecule has 0 aliphatic carbocycles. The van der Waals surface area contributed by atoms with Crippen molar-refractivity contribution in [3.05, 3.63) is 30.3 Å². The summed E-state index contributed by atoms with van der Waals surface area (Å²) in [7, 11) is 0. The Morgan fingerprint density at radius 2 is 1.78 bits per heavy atom. The first-order valence-corrected chi connectivity index (χ1v) is 6.36. The smallest absolute Gasteiger partial charge is 0.305 e. The van der Waals surface area contributed by atoms with Crippen LogP contribution in [-0.2, 0) is 4.79 Å². The fourth-order valence-electron chi connectivity index (χ4n) is 1.83. The fraction of sp³-hybridized carbons (Fsp3) is 0.500. The Bertz CT molecular complexity index is 340. The molecule has 0 unspecified atom stereocenters. The molecule has 0 heterocycles. The third-order valence-electron chi connectivity index (χ3n) is 2.80. The van der Waals surface area contributed by atoms with E-state index in [1.54, 1.807) is 0 Å². The van der Waals surface area contributed by atoms with E-state index in [-0.39, 0.29) is 13.0 Å². The first kappa shape index (κ1) is 14.5. The van der Waals surface area contributed by atoms with Crippen molar-refractivity contribution >= 4 is 11.7 Å². The van der Waals surface area contributed by atoms with Crippen LogP contribution in [0.25, 0.3) is 0 Å². The number of anilines is 1. The molecule has 0 saturated carbocycles. The number of aliphatic carboxylic acids is 1. The van der Waals surface area contributed by atoms with Gasteiger partial charge in [0.15, 0.2) is 0 Å². The van der Waals surface area contributed by atoms with Gasteiger partial charge >= 0.3 is 5.97 Å². The lowest BCUT2D eigenvalue weighted by molar-refractivity contribution is -0.136. The Morgan fingerprint density at radius 1 is 1.06 bits per heavy atom. The number of para-hydroxylation sites is 1. The highest BCUT2D eigenvalue weighted by atomic mass is 16.4. The van der Waals surface area contributed by atoms with E-state index in [0.29, 0.717) is 6.54 Å². The maximum atomic E-state index is 10.7. The number of carboxylic acids is 1. The molecule has 2 N–H and O–H groups in total. The van der Waals surface area contributed by atoms with Gasteiger partial charge in [-0.25, -0.2) is 0 Å². The molecule has 0 aromatic heterocycles. The summed E-state index contributed by atoms with van der Waals surface area (Å²) < 4.78 is 0. The zero-order valence-electron chi connectivity index (χ0n) is 10.6. The lowest BCUT2D eigenvalue weighted by Gasteiger charge is -2.24. The highest BCUT2D eigenvalue weighted by Crippen LogP contribution is 2.14. The second-order valence-corrected chi connectivity index (χ2v) is 4.25. The number of benzene rings is 1. The molecule has 0 aliphatic rings. The van der Waals surface area contributed by atoms with Gasteiger partial charge in [-0.3, -0.25) is 4.79 Å². The SMILES string of the molecule is O=C(O)CCN(CCCCCO)c1ccccc1. The number of aliphatic hydroxyl groups is 1. The topological polar surface area (TPSA) is 60.8 Å². The molecule has 0 atom stereocenters. The van der Waals surface area contributed by atoms with Crippen molar-refractivity contribution in [3.63, 3.8) is 0 Å². The summed E-state index contributed by atoms with van der Waals surface area (Å²) in [5.74, 6) is -0.772. The average molecular weight is 251 g/mol. The first-order chi connectivity index (χ1) is 8.74. The van der Waals surface area contributed by atoms with Gasteiger partial charge in [-0.15, -0.1) is 0 Å². The van der Waals surface area contributed by atoms with E-state index in [9.17, 15) is 4.79 Å². The van der Waals surface area contributed by atoms with Gasteiger partial charge in [-0.1, -0.05) is 18.2 Å². The molecule has 100 valence electrons. The van der Waals surface area contributed by atoms with E-state index < -0.39 is 5.97 Å². The van der Waals surface area contributed by atoms with E-state index >= 15 is 0 Å². The van der Waals surface area contributed by atoms with Crippen molar-refractivity contribution in [1.29, 1.82) is 0 Å². The Morgan fingerprint density at radius 3 is 2.39 bits per heavy atom. The largest absolute Gasteiger partial charge is 0.481 e. The fourth-order valence-corrected chi connectivity index (χ4v) is 1.83. The van der Waals surface area contributed by atoms with Gasteiger partial charge in [0.1, 0.15) is 0 Å². The molecule has 18 heavy (non-hydrogen) atoms. The number of rotatable bonds is 9. The third-order valence-corrected chi connectivity index (χ3v) is 2.80. The van der Waals surface area contributed by atoms with Crippen LogP contribution >= 0.6 is 0 Å². The lowest BCUT2D eigenvalue weighted by atomic mass is 10.2. The van der Waals surface area contributed by atoms with E-state index in [1.165, 1.54) is 0 Å². The molecule has 1 aromatic carbocycles. The van der Waals surface area contributed by atoms with Gasteiger partial charge in [0, 0.05) is 25.4 Å². The zero-order chi connectivity index (χ0) is 13.2. The molecular weight excluding hydrogens is 230 g/mol. The maximum absolute atomic E-state index is 10.7. The van der Waals surface area contributed by atoms with Gasteiger partial charge in [0.2, 0.25) is 0 Å². The van der Waals surface area contributed by atoms with Crippen LogP contribution in [0.3, 0.4) is 0 Å². The van der Waals surface area contributed by atoms with Crippen molar-refractivity contribution in [2.75, 3.05) is 24.6 Å². The summed E-state index contributed by atoms with van der Waals surface area (Å²) in [5.41, 5.74) is 1.06. The minimum atomic E-state index is -0.772. The summed E-state index contributed by atoms with van der Waals surface area (Å²) in [6.45, 7) is 1.58. The highest BCUT2D eigenvalue weighted by molar-refractivity contribution is 5.67. The zero-order valence-corrected chi connectivity index (χ0v) is 10.6. The number of hydrogen-bond acceptors (Lipinski definition) is 3. The van der Waals surface area contributed by atoms with E-state index in [0.717, 1.165) is 31.5 Å². The van der Waals surface area contributed by atoms with Crippen LogP contribution < -0.4 is 4.90 Å². The predicted octanol–water partition coefficient (Wildman–Crippen LogP) is 2.13. The van der Waals surface area contributed by atoms with E-state index in [2.05, 4.69) is 4.90 Å². The lowest BCUT2D eigenvalue weighted by Crippen LogP contribution is -2.27. The number of nitrogens with zero attached hydrogens (tertiary/aromatic N) is 1. The summed E-state index contributed by atoms with van der Waals surface area (Å²) in [6.07, 6.45) is 2.89. The quantitative estimate of drug-likeness (QED) is 0.660. The first-order valence-electron chi connectivity index (χ1n) is 6.36. The van der Waals surface area contributed by atoms with E-state index in [1.807, 2.05) is 30.3 Å². The highest BCUT2D eigenvalue weighted by Gasteiger charge is 2.07. The Balaban J connectivity index is 2.49. The summed E-state index contributed by atoms with van der Waals surface area (Å²) >= 11 is 0. The third kappa shape index (κ3) is 5.68. The Kier molecular flexibility index (Phi) is 6.87. The molecule has 4 heteroatoms. The minimum Gasteiger partial charge on any atom is -0.481 e. The van der Waals surface area contributed by atoms with Crippen LogP contribution in [0.5, 0.6) is 0 Å². The molecule has 0 spiro atoms. The standard InChI is InChI=1S/C14H21NO3/c16-12-6-2-5-10-15(11-9-14(17)18)13-7-3-1-4-8-13/h1,3-4,7-8,16H,2,5-6,9-12H2,(H,17,18). The molecule has 0 amide bonds. The van der Waals surface area contributed by atoms with Crippen LogP contribution in [0, 0.1) is 0 Å². The number of hydrogen-bond donors (Lipinski definition) is 2. The molecule has 1 aromatic rings. The van der Waals surface area contributed by atoms with Crippen LogP contribution in [0.1, 0.15) is 25.7 Å². The number of carboxylic acid groups (broad SMARTS) is 1. The average Bonchev–Trinajstić information content (AvgIpc) is 2.38. The molecule has 0 saturated heterocycles. The van der Waals surface area contributed by atoms with Gasteiger partial charge in [0.05, 0.1) is 6.42 Å². The van der Waals surface area contributed by atoms with Gasteiger partial charge in [-0.2, -0.15) is 0 Å². The Hall–Kier alpha value is -1.55. The van der Waals surface area contributed by atoms with Gasteiger partial charge < -0.3 is 15.1 Å². The van der Waals surface area contributed by atoms with Crippen LogP contribution in [0.15, 0.2) is 30.3 Å². The van der Waals surface area contributed by atoms with Gasteiger partial charge in [0.25, 0.3) is 0 Å². The molecule has 0 aliphatic heterocycles. The minimum absolute atomic E-state index is 0.148. The molecule has 1 rings (SSSR count).